The first kappa shape index (κ1) is 22.7. The number of benzene rings is 2. The number of nitrogens with zero attached hydrogens (tertiary/aromatic N) is 1. The normalized spacial score (nSPS) is 15.8. The largest absolute Gasteiger partial charge is 0.335 e. The predicted molar refractivity (Wildman–Crippen MR) is 132 cm³/mol. The molecular formula is C26H28ClN3OS. The number of pyridine rings is 1. The van der Waals surface area contributed by atoms with E-state index in [0.717, 1.165) is 47.4 Å². The van der Waals surface area contributed by atoms with Gasteiger partial charge in [-0.2, -0.15) is 0 Å². The Morgan fingerprint density at radius 1 is 1.09 bits per heavy atom. The number of urea groups is 1. The van der Waals surface area contributed by atoms with Crippen molar-refractivity contribution in [3.8, 4) is 0 Å². The van der Waals surface area contributed by atoms with Crippen molar-refractivity contribution in [2.45, 2.75) is 48.6 Å². The summed E-state index contributed by atoms with van der Waals surface area (Å²) in [5.41, 5.74) is 2.01. The topological polar surface area (TPSA) is 54.0 Å². The molecule has 6 heteroatoms. The highest BCUT2D eigenvalue weighted by Crippen LogP contribution is 2.35. The molecule has 0 saturated heterocycles. The Balaban J connectivity index is 1.81. The molecular weight excluding hydrogens is 438 g/mol. The van der Waals surface area contributed by atoms with E-state index >= 15 is 0 Å². The summed E-state index contributed by atoms with van der Waals surface area (Å²) < 4.78 is 0. The molecule has 4 rings (SSSR count). The van der Waals surface area contributed by atoms with Crippen molar-refractivity contribution in [1.29, 1.82) is 0 Å². The first-order valence-corrected chi connectivity index (χ1v) is 12.6. The summed E-state index contributed by atoms with van der Waals surface area (Å²) in [6.07, 6.45) is 8.65. The lowest BCUT2D eigenvalue weighted by Crippen LogP contribution is -2.54. The Kier molecular flexibility index (Phi) is 7.38. The van der Waals surface area contributed by atoms with Gasteiger partial charge in [-0.05, 0) is 54.5 Å². The van der Waals surface area contributed by atoms with Gasteiger partial charge in [-0.15, -0.1) is 11.8 Å². The average Bonchev–Trinajstić information content (AvgIpc) is 3.32. The van der Waals surface area contributed by atoms with Crippen molar-refractivity contribution in [2.75, 3.05) is 6.26 Å². The molecule has 1 saturated carbocycles. The summed E-state index contributed by atoms with van der Waals surface area (Å²) in [5.74, 6) is 0. The molecule has 2 amide bonds. The maximum absolute atomic E-state index is 13.3. The highest BCUT2D eigenvalue weighted by atomic mass is 35.5. The molecule has 4 nitrogen and oxygen atoms in total. The van der Waals surface area contributed by atoms with Gasteiger partial charge in [0.25, 0.3) is 0 Å². The molecule has 2 aromatic carbocycles. The third-order valence-electron chi connectivity index (χ3n) is 6.06. The first-order valence-electron chi connectivity index (χ1n) is 11.0. The van der Waals surface area contributed by atoms with E-state index in [0.29, 0.717) is 11.4 Å². The Morgan fingerprint density at radius 2 is 1.88 bits per heavy atom. The highest BCUT2D eigenvalue weighted by molar-refractivity contribution is 7.98. The molecule has 1 atom stereocenters. The quantitative estimate of drug-likeness (QED) is 0.409. The van der Waals surface area contributed by atoms with Crippen LogP contribution in [0.2, 0.25) is 5.02 Å². The van der Waals surface area contributed by atoms with E-state index in [-0.39, 0.29) is 12.1 Å². The van der Waals surface area contributed by atoms with E-state index < -0.39 is 5.54 Å². The fraction of sp³-hybridized carbons (Fsp3) is 0.308. The molecule has 2 N–H and O–H groups in total. The minimum absolute atomic E-state index is 0.167. The van der Waals surface area contributed by atoms with Crippen molar-refractivity contribution in [2.24, 2.45) is 0 Å². The summed E-state index contributed by atoms with van der Waals surface area (Å²) in [6, 6.07) is 22.3. The summed E-state index contributed by atoms with van der Waals surface area (Å²) >= 11 is 7.85. The van der Waals surface area contributed by atoms with Gasteiger partial charge in [-0.3, -0.25) is 4.98 Å². The standard InChI is InChI=1S/C26H28ClN3OS/c1-32-23-13-7-10-20(16-23)26(17-19-8-3-2-4-9-19,24-15-14-21(27)18-28-24)30-25(31)29-22-11-5-6-12-22/h2-4,7-10,13-16,18,22H,5-6,11-12,17H2,1H3,(H2,29,30,31). The monoisotopic (exact) mass is 465 g/mol. The van der Waals surface area contributed by atoms with E-state index in [9.17, 15) is 4.79 Å². The molecule has 32 heavy (non-hydrogen) atoms. The molecule has 0 spiro atoms. The number of halogens is 1. The van der Waals surface area contributed by atoms with Crippen LogP contribution in [0.15, 0.2) is 77.8 Å². The molecule has 1 aromatic heterocycles. The van der Waals surface area contributed by atoms with E-state index in [4.69, 9.17) is 11.6 Å². The fourth-order valence-electron chi connectivity index (χ4n) is 4.43. The molecule has 1 heterocycles. The molecule has 0 aliphatic heterocycles. The van der Waals surface area contributed by atoms with Crippen LogP contribution in [0.25, 0.3) is 0 Å². The zero-order valence-corrected chi connectivity index (χ0v) is 19.8. The van der Waals surface area contributed by atoms with Gasteiger partial charge >= 0.3 is 6.03 Å². The van der Waals surface area contributed by atoms with Crippen LogP contribution in [0.5, 0.6) is 0 Å². The Morgan fingerprint density at radius 3 is 2.56 bits per heavy atom. The van der Waals surface area contributed by atoms with Gasteiger partial charge in [0.1, 0.15) is 5.54 Å². The van der Waals surface area contributed by atoms with Crippen molar-refractivity contribution < 1.29 is 4.79 Å². The van der Waals surface area contributed by atoms with Gasteiger partial charge in [0.05, 0.1) is 10.7 Å². The van der Waals surface area contributed by atoms with Crippen LogP contribution in [-0.4, -0.2) is 23.3 Å². The van der Waals surface area contributed by atoms with Crippen LogP contribution in [0, 0.1) is 0 Å². The number of hydrogen-bond acceptors (Lipinski definition) is 3. The van der Waals surface area contributed by atoms with Gasteiger partial charge in [0.2, 0.25) is 0 Å². The van der Waals surface area contributed by atoms with Crippen LogP contribution in [-0.2, 0) is 12.0 Å². The number of carbonyl (C=O) groups excluding carboxylic acids is 1. The maximum atomic E-state index is 13.3. The summed E-state index contributed by atoms with van der Waals surface area (Å²) in [4.78, 5) is 19.1. The van der Waals surface area contributed by atoms with E-state index in [2.05, 4.69) is 52.2 Å². The molecule has 0 bridgehead atoms. The Labute approximate surface area is 199 Å². The number of amides is 2. The zero-order valence-electron chi connectivity index (χ0n) is 18.2. The average molecular weight is 466 g/mol. The summed E-state index contributed by atoms with van der Waals surface area (Å²) in [5, 5.41) is 7.10. The lowest BCUT2D eigenvalue weighted by molar-refractivity contribution is 0.225. The number of nitrogens with one attached hydrogen (secondary N) is 2. The number of thioether (sulfide) groups is 1. The van der Waals surface area contributed by atoms with E-state index in [1.54, 1.807) is 18.0 Å². The van der Waals surface area contributed by atoms with Gasteiger partial charge in [-0.25, -0.2) is 4.79 Å². The lowest BCUT2D eigenvalue weighted by atomic mass is 9.80. The second-order valence-corrected chi connectivity index (χ2v) is 9.56. The number of carbonyl (C=O) groups is 1. The molecule has 166 valence electrons. The van der Waals surface area contributed by atoms with Gasteiger partial charge in [0.15, 0.2) is 0 Å². The summed E-state index contributed by atoms with van der Waals surface area (Å²) in [6.45, 7) is 0. The molecule has 1 aliphatic carbocycles. The number of rotatable bonds is 7. The summed E-state index contributed by atoms with van der Waals surface area (Å²) in [7, 11) is 0. The first-order chi connectivity index (χ1) is 15.6. The molecule has 0 radical (unpaired) electrons. The number of aromatic nitrogens is 1. The van der Waals surface area contributed by atoms with Crippen LogP contribution >= 0.6 is 23.4 Å². The molecule has 1 aliphatic rings. The molecule has 1 unspecified atom stereocenters. The van der Waals surface area contributed by atoms with Gasteiger partial charge in [0, 0.05) is 23.6 Å². The third-order valence-corrected chi connectivity index (χ3v) is 7.01. The highest BCUT2D eigenvalue weighted by Gasteiger charge is 2.38. The van der Waals surface area contributed by atoms with Crippen LogP contribution in [0.4, 0.5) is 4.79 Å². The minimum atomic E-state index is -0.847. The van der Waals surface area contributed by atoms with Gasteiger partial charge < -0.3 is 10.6 Å². The minimum Gasteiger partial charge on any atom is -0.335 e. The second-order valence-electron chi connectivity index (χ2n) is 8.24. The van der Waals surface area contributed by atoms with Crippen molar-refractivity contribution in [3.63, 3.8) is 0 Å². The molecule has 1 fully saturated rings. The van der Waals surface area contributed by atoms with E-state index in [1.807, 2.05) is 36.4 Å². The van der Waals surface area contributed by atoms with Crippen molar-refractivity contribution in [1.82, 2.24) is 15.6 Å². The fourth-order valence-corrected chi connectivity index (χ4v) is 5.00. The number of hydrogen-bond donors (Lipinski definition) is 2. The van der Waals surface area contributed by atoms with E-state index in [1.165, 1.54) is 0 Å². The Bertz CT molecular complexity index is 1040. The zero-order chi connectivity index (χ0) is 22.4. The Hall–Kier alpha value is -2.50. The van der Waals surface area contributed by atoms with Crippen LogP contribution in [0.3, 0.4) is 0 Å². The van der Waals surface area contributed by atoms with Crippen LogP contribution < -0.4 is 10.6 Å². The SMILES string of the molecule is CSc1cccc(C(Cc2ccccc2)(NC(=O)NC2CCCC2)c2ccc(Cl)cn2)c1. The molecule has 3 aromatic rings. The van der Waals surface area contributed by atoms with Gasteiger partial charge in [-0.1, -0.05) is 66.9 Å². The predicted octanol–water partition coefficient (Wildman–Crippen LogP) is 6.19. The maximum Gasteiger partial charge on any atom is 0.316 e. The lowest BCUT2D eigenvalue weighted by Gasteiger charge is -2.36. The van der Waals surface area contributed by atoms with Crippen molar-refractivity contribution in [3.05, 3.63) is 94.8 Å². The van der Waals surface area contributed by atoms with Crippen molar-refractivity contribution >= 4 is 29.4 Å². The smallest absolute Gasteiger partial charge is 0.316 e. The van der Waals surface area contributed by atoms with Crippen LogP contribution in [0.1, 0.15) is 42.5 Å². The third kappa shape index (κ3) is 5.28. The second kappa shape index (κ2) is 10.4.